The summed E-state index contributed by atoms with van der Waals surface area (Å²) in [6.07, 6.45) is 0. The summed E-state index contributed by atoms with van der Waals surface area (Å²) in [6, 6.07) is 3.86. The predicted octanol–water partition coefficient (Wildman–Crippen LogP) is 0.233. The highest BCUT2D eigenvalue weighted by Gasteiger charge is 2.27. The molecule has 0 radical (unpaired) electrons. The Hall–Kier alpha value is -1.77. The quantitative estimate of drug-likeness (QED) is 0.846. The van der Waals surface area contributed by atoms with Crippen LogP contribution in [0, 0.1) is 0 Å². The number of likely N-dealkylation sites (N-methyl/N-ethyl adjacent to an activating group) is 1. The molecule has 0 aliphatic carbocycles. The first-order valence-corrected chi connectivity index (χ1v) is 8.58. The lowest BCUT2D eigenvalue weighted by molar-refractivity contribution is -0.904. The number of nitrogens with zero attached hydrogens (tertiary/aromatic N) is 3. The summed E-state index contributed by atoms with van der Waals surface area (Å²) in [5.74, 6) is 1.23. The molecule has 2 aromatic heterocycles. The van der Waals surface area contributed by atoms with E-state index in [2.05, 4.69) is 10.2 Å². The number of morpholine rings is 1. The van der Waals surface area contributed by atoms with Gasteiger partial charge in [-0.1, -0.05) is 6.07 Å². The zero-order chi connectivity index (χ0) is 16.2. The molecular formula is C15H21N4O3S+. The molecule has 1 fully saturated rings. The molecule has 2 atom stereocenters. The average molecular weight is 337 g/mol. The van der Waals surface area contributed by atoms with Gasteiger partial charge in [0.25, 0.3) is 17.7 Å². The summed E-state index contributed by atoms with van der Waals surface area (Å²) >= 11 is 1.56. The van der Waals surface area contributed by atoms with Gasteiger partial charge in [-0.2, -0.15) is 0 Å². The van der Waals surface area contributed by atoms with Crippen molar-refractivity contribution in [3.63, 3.8) is 0 Å². The van der Waals surface area contributed by atoms with Crippen molar-refractivity contribution in [1.82, 2.24) is 15.1 Å². The van der Waals surface area contributed by atoms with Gasteiger partial charge >= 0.3 is 0 Å². The van der Waals surface area contributed by atoms with Gasteiger partial charge in [-0.25, -0.2) is 0 Å². The Balaban J connectivity index is 1.60. The van der Waals surface area contributed by atoms with Crippen molar-refractivity contribution in [1.29, 1.82) is 0 Å². The molecule has 1 N–H and O–H groups in total. The molecule has 1 unspecified atom stereocenters. The molecule has 0 aromatic carbocycles. The summed E-state index contributed by atoms with van der Waals surface area (Å²) in [7, 11) is 1.97. The monoisotopic (exact) mass is 337 g/mol. The van der Waals surface area contributed by atoms with Crippen LogP contribution in [0.25, 0.3) is 10.8 Å². The normalized spacial score (nSPS) is 17.9. The molecule has 1 aliphatic heterocycles. The van der Waals surface area contributed by atoms with Gasteiger partial charge in [-0.05, 0) is 18.4 Å². The minimum absolute atomic E-state index is 0.0406. The first kappa shape index (κ1) is 16.1. The van der Waals surface area contributed by atoms with Crippen molar-refractivity contribution < 1.29 is 18.8 Å². The fourth-order valence-corrected chi connectivity index (χ4v) is 3.08. The van der Waals surface area contributed by atoms with Crippen molar-refractivity contribution >= 4 is 17.2 Å². The minimum atomic E-state index is -0.0406. The van der Waals surface area contributed by atoms with Crippen LogP contribution in [0.4, 0.5) is 0 Å². The van der Waals surface area contributed by atoms with E-state index in [1.165, 1.54) is 0 Å². The zero-order valence-electron chi connectivity index (χ0n) is 13.3. The highest BCUT2D eigenvalue weighted by molar-refractivity contribution is 7.13. The van der Waals surface area contributed by atoms with Crippen molar-refractivity contribution in [2.24, 2.45) is 0 Å². The largest absolute Gasteiger partial charge is 0.414 e. The van der Waals surface area contributed by atoms with Crippen LogP contribution >= 0.6 is 11.3 Å². The summed E-state index contributed by atoms with van der Waals surface area (Å²) in [5, 5.41) is 10.2. The maximum absolute atomic E-state index is 12.3. The number of carbonyl (C=O) groups is 1. The van der Waals surface area contributed by atoms with Crippen molar-refractivity contribution in [3.8, 4) is 10.8 Å². The standard InChI is InChI=1S/C15H20N4O3S/c1-11(14-16-17-15(22-14)12-4-3-9-23-12)18(2)10-13(20)19-5-7-21-8-6-19/h3-4,9,11H,5-8,10H2,1-2H3/p+1/t11-/m0/s1. The number of rotatable bonds is 5. The molecule has 124 valence electrons. The minimum Gasteiger partial charge on any atom is -0.414 e. The van der Waals surface area contributed by atoms with E-state index in [0.29, 0.717) is 44.6 Å². The number of carbonyl (C=O) groups excluding carboxylic acids is 1. The zero-order valence-corrected chi connectivity index (χ0v) is 14.1. The van der Waals surface area contributed by atoms with E-state index in [-0.39, 0.29) is 11.9 Å². The Labute approximate surface area is 138 Å². The molecule has 8 heteroatoms. The van der Waals surface area contributed by atoms with Gasteiger partial charge in [-0.15, -0.1) is 21.5 Å². The van der Waals surface area contributed by atoms with Crippen molar-refractivity contribution in [2.45, 2.75) is 13.0 Å². The van der Waals surface area contributed by atoms with Gasteiger partial charge in [0.15, 0.2) is 12.6 Å². The molecule has 3 rings (SSSR count). The van der Waals surface area contributed by atoms with Crippen molar-refractivity contribution in [2.75, 3.05) is 39.9 Å². The molecule has 7 nitrogen and oxygen atoms in total. The van der Waals surface area contributed by atoms with E-state index < -0.39 is 0 Å². The van der Waals surface area contributed by atoms with Crippen molar-refractivity contribution in [3.05, 3.63) is 23.4 Å². The van der Waals surface area contributed by atoms with Gasteiger partial charge in [0, 0.05) is 13.1 Å². The number of quaternary nitrogens is 1. The van der Waals surface area contributed by atoms with Crippen LogP contribution in [0.1, 0.15) is 18.9 Å². The highest BCUT2D eigenvalue weighted by atomic mass is 32.1. The fraction of sp³-hybridized carbons (Fsp3) is 0.533. The Kier molecular flexibility index (Phi) is 5.04. The highest BCUT2D eigenvalue weighted by Crippen LogP contribution is 2.24. The third kappa shape index (κ3) is 3.77. The molecule has 1 amide bonds. The summed E-state index contributed by atoms with van der Waals surface area (Å²) in [6.45, 7) is 4.97. The van der Waals surface area contributed by atoms with Crippen LogP contribution in [-0.2, 0) is 9.53 Å². The lowest BCUT2D eigenvalue weighted by atomic mass is 10.3. The third-order valence-corrected chi connectivity index (χ3v) is 4.93. The molecular weight excluding hydrogens is 316 g/mol. The maximum atomic E-state index is 12.3. The van der Waals surface area contributed by atoms with Gasteiger partial charge in [0.2, 0.25) is 0 Å². The summed E-state index contributed by atoms with van der Waals surface area (Å²) < 4.78 is 11.0. The Morgan fingerprint density at radius 2 is 2.22 bits per heavy atom. The molecule has 0 bridgehead atoms. The second-order valence-corrected chi connectivity index (χ2v) is 6.61. The molecule has 1 aliphatic rings. The van der Waals surface area contributed by atoms with Gasteiger partial charge in [0.1, 0.15) is 0 Å². The molecule has 23 heavy (non-hydrogen) atoms. The van der Waals surface area contributed by atoms with Crippen LogP contribution in [0.5, 0.6) is 0 Å². The topological polar surface area (TPSA) is 72.9 Å². The van der Waals surface area contributed by atoms with Crippen LogP contribution in [-0.4, -0.2) is 60.9 Å². The first-order chi connectivity index (χ1) is 11.1. The fourth-order valence-electron chi connectivity index (χ4n) is 2.44. The Bertz CT molecular complexity index is 637. The lowest BCUT2D eigenvalue weighted by Gasteiger charge is -2.28. The molecule has 0 spiro atoms. The lowest BCUT2D eigenvalue weighted by Crippen LogP contribution is -3.10. The van der Waals surface area contributed by atoms with E-state index in [1.807, 2.05) is 36.4 Å². The number of nitrogens with one attached hydrogen (secondary N) is 1. The third-order valence-electron chi connectivity index (χ3n) is 4.08. The number of aromatic nitrogens is 2. The van der Waals surface area contributed by atoms with E-state index in [9.17, 15) is 4.79 Å². The predicted molar refractivity (Wildman–Crippen MR) is 85.2 cm³/mol. The second kappa shape index (κ2) is 7.20. The number of hydrogen-bond acceptors (Lipinski definition) is 6. The summed E-state index contributed by atoms with van der Waals surface area (Å²) in [4.78, 5) is 16.2. The van der Waals surface area contributed by atoms with E-state index in [4.69, 9.17) is 9.15 Å². The van der Waals surface area contributed by atoms with E-state index >= 15 is 0 Å². The maximum Gasteiger partial charge on any atom is 0.277 e. The van der Waals surface area contributed by atoms with Gasteiger partial charge < -0.3 is 19.0 Å². The second-order valence-electron chi connectivity index (χ2n) is 5.66. The smallest absolute Gasteiger partial charge is 0.277 e. The molecule has 1 saturated heterocycles. The van der Waals surface area contributed by atoms with Crippen LogP contribution in [0.3, 0.4) is 0 Å². The summed E-state index contributed by atoms with van der Waals surface area (Å²) in [5.41, 5.74) is 0. The van der Waals surface area contributed by atoms with E-state index in [0.717, 1.165) is 9.78 Å². The first-order valence-electron chi connectivity index (χ1n) is 7.70. The van der Waals surface area contributed by atoms with Crippen LogP contribution in [0.15, 0.2) is 21.9 Å². The SMILES string of the molecule is C[C@@H](c1nnc(-c2cccs2)o1)[NH+](C)CC(=O)N1CCOCC1. The number of hydrogen-bond donors (Lipinski definition) is 1. The molecule has 2 aromatic rings. The number of thiophene rings is 1. The average Bonchev–Trinajstić information content (AvgIpc) is 3.26. The van der Waals surface area contributed by atoms with E-state index in [1.54, 1.807) is 11.3 Å². The van der Waals surface area contributed by atoms with Crippen LogP contribution in [0.2, 0.25) is 0 Å². The van der Waals surface area contributed by atoms with Crippen LogP contribution < -0.4 is 4.90 Å². The van der Waals surface area contributed by atoms with Gasteiger partial charge in [0.05, 0.1) is 25.1 Å². The Morgan fingerprint density at radius 1 is 1.43 bits per heavy atom. The number of ether oxygens (including phenoxy) is 1. The molecule has 0 saturated carbocycles. The van der Waals surface area contributed by atoms with Gasteiger partial charge in [-0.3, -0.25) is 4.79 Å². The Morgan fingerprint density at radius 3 is 2.91 bits per heavy atom. The molecule has 3 heterocycles. The number of amides is 1.